The van der Waals surface area contributed by atoms with Crippen molar-refractivity contribution in [2.24, 2.45) is 0 Å². The van der Waals surface area contributed by atoms with Crippen molar-refractivity contribution in [3.8, 4) is 0 Å². The van der Waals surface area contributed by atoms with E-state index in [0.29, 0.717) is 6.42 Å². The van der Waals surface area contributed by atoms with Crippen LogP contribution in [0, 0.1) is 0 Å². The first kappa shape index (κ1) is 11.7. The molecular weight excluding hydrogens is 212 g/mol. The van der Waals surface area contributed by atoms with Crippen LogP contribution in [0.3, 0.4) is 0 Å². The summed E-state index contributed by atoms with van der Waals surface area (Å²) >= 11 is 0. The summed E-state index contributed by atoms with van der Waals surface area (Å²) < 4.78 is 2.25. The van der Waals surface area contributed by atoms with Gasteiger partial charge in [-0.25, -0.2) is 0 Å². The van der Waals surface area contributed by atoms with Gasteiger partial charge in [0.1, 0.15) is 0 Å². The average Bonchev–Trinajstić information content (AvgIpc) is 2.78. The lowest BCUT2D eigenvalue weighted by Crippen LogP contribution is -2.17. The number of benzene rings is 1. The fraction of sp³-hybridized carbons (Fsp3) is 0.357. The third-order valence-electron chi connectivity index (χ3n) is 3.01. The molecule has 17 heavy (non-hydrogen) atoms. The van der Waals surface area contributed by atoms with Crippen LogP contribution in [-0.2, 0) is 11.3 Å². The smallest absolute Gasteiger partial charge is 0.219 e. The van der Waals surface area contributed by atoms with Gasteiger partial charge in [-0.1, -0.05) is 18.2 Å². The number of hydrogen-bond acceptors (Lipinski definition) is 1. The van der Waals surface area contributed by atoms with Gasteiger partial charge in [0.25, 0.3) is 0 Å². The van der Waals surface area contributed by atoms with E-state index in [4.69, 9.17) is 0 Å². The van der Waals surface area contributed by atoms with Gasteiger partial charge in [0.15, 0.2) is 0 Å². The second-order valence-electron chi connectivity index (χ2n) is 4.20. The molecule has 3 heteroatoms. The molecule has 0 saturated carbocycles. The maximum Gasteiger partial charge on any atom is 0.219 e. The van der Waals surface area contributed by atoms with Crippen LogP contribution in [0.2, 0.25) is 0 Å². The number of hydrogen-bond donors (Lipinski definition) is 1. The molecule has 0 unspecified atom stereocenters. The predicted octanol–water partition coefficient (Wildman–Crippen LogP) is 2.56. The number of amides is 1. The van der Waals surface area contributed by atoms with Crippen LogP contribution in [0.5, 0.6) is 0 Å². The minimum Gasteiger partial charge on any atom is -0.359 e. The molecule has 0 atom stereocenters. The highest BCUT2D eigenvalue weighted by Gasteiger charge is 2.01. The molecule has 1 N–H and O–H groups in total. The molecule has 0 bridgehead atoms. The standard InChI is InChI=1S/C14H18N2O/c1-15-14(17)8-4-5-10-16-11-9-12-6-2-3-7-13(12)16/h2-3,6-7,9,11H,4-5,8,10H2,1H3,(H,15,17). The van der Waals surface area contributed by atoms with Crippen molar-refractivity contribution in [2.45, 2.75) is 25.8 Å². The zero-order valence-corrected chi connectivity index (χ0v) is 10.1. The number of nitrogens with one attached hydrogen (secondary N) is 1. The van der Waals surface area contributed by atoms with E-state index in [1.807, 2.05) is 0 Å². The van der Waals surface area contributed by atoms with Gasteiger partial charge in [-0.05, 0) is 30.4 Å². The Bertz CT molecular complexity index is 502. The number of aromatic nitrogens is 1. The van der Waals surface area contributed by atoms with Gasteiger partial charge in [-0.15, -0.1) is 0 Å². The Morgan fingerprint density at radius 2 is 2.06 bits per heavy atom. The predicted molar refractivity (Wildman–Crippen MR) is 69.9 cm³/mol. The number of para-hydroxylation sites is 1. The lowest BCUT2D eigenvalue weighted by molar-refractivity contribution is -0.120. The number of unbranched alkanes of at least 4 members (excludes halogenated alkanes) is 1. The second-order valence-corrected chi connectivity index (χ2v) is 4.20. The maximum atomic E-state index is 11.1. The van der Waals surface area contributed by atoms with Gasteiger partial charge in [0.05, 0.1) is 0 Å². The third-order valence-corrected chi connectivity index (χ3v) is 3.01. The van der Waals surface area contributed by atoms with E-state index in [2.05, 4.69) is 46.4 Å². The Morgan fingerprint density at radius 3 is 2.88 bits per heavy atom. The normalized spacial score (nSPS) is 10.6. The number of aryl methyl sites for hydroxylation is 1. The van der Waals surface area contributed by atoms with Crippen molar-refractivity contribution in [3.05, 3.63) is 36.5 Å². The van der Waals surface area contributed by atoms with E-state index < -0.39 is 0 Å². The lowest BCUT2D eigenvalue weighted by atomic mass is 10.2. The van der Waals surface area contributed by atoms with Crippen LogP contribution < -0.4 is 5.32 Å². The molecule has 0 aliphatic heterocycles. The van der Waals surface area contributed by atoms with E-state index in [9.17, 15) is 4.79 Å². The molecule has 0 radical (unpaired) electrons. The van der Waals surface area contributed by atoms with E-state index in [0.717, 1.165) is 19.4 Å². The SMILES string of the molecule is CNC(=O)CCCCn1ccc2ccccc21. The number of nitrogens with zero attached hydrogens (tertiary/aromatic N) is 1. The van der Waals surface area contributed by atoms with Gasteiger partial charge in [0, 0.05) is 31.7 Å². The minimum absolute atomic E-state index is 0.127. The van der Waals surface area contributed by atoms with Gasteiger partial charge >= 0.3 is 0 Å². The Balaban J connectivity index is 1.89. The molecule has 1 aromatic carbocycles. The van der Waals surface area contributed by atoms with Crippen molar-refractivity contribution < 1.29 is 4.79 Å². The zero-order valence-electron chi connectivity index (χ0n) is 10.1. The summed E-state index contributed by atoms with van der Waals surface area (Å²) in [6, 6.07) is 10.5. The van der Waals surface area contributed by atoms with Crippen molar-refractivity contribution in [1.82, 2.24) is 9.88 Å². The molecule has 0 aliphatic carbocycles. The molecule has 2 aromatic rings. The van der Waals surface area contributed by atoms with Gasteiger partial charge in [-0.3, -0.25) is 4.79 Å². The molecule has 0 spiro atoms. The quantitative estimate of drug-likeness (QED) is 0.787. The molecule has 0 saturated heterocycles. The van der Waals surface area contributed by atoms with Crippen LogP contribution in [-0.4, -0.2) is 17.5 Å². The first-order chi connectivity index (χ1) is 8.31. The number of fused-ring (bicyclic) bond motifs is 1. The van der Waals surface area contributed by atoms with Gasteiger partial charge in [-0.2, -0.15) is 0 Å². The van der Waals surface area contributed by atoms with E-state index in [-0.39, 0.29) is 5.91 Å². The summed E-state index contributed by atoms with van der Waals surface area (Å²) in [5, 5.41) is 3.92. The van der Waals surface area contributed by atoms with Crippen LogP contribution in [0.1, 0.15) is 19.3 Å². The topological polar surface area (TPSA) is 34.0 Å². The lowest BCUT2D eigenvalue weighted by Gasteiger charge is -2.05. The van der Waals surface area contributed by atoms with E-state index >= 15 is 0 Å². The molecule has 2 rings (SSSR count). The first-order valence-electron chi connectivity index (χ1n) is 6.06. The summed E-state index contributed by atoms with van der Waals surface area (Å²) in [5.41, 5.74) is 1.27. The molecule has 0 fully saturated rings. The van der Waals surface area contributed by atoms with Gasteiger partial charge < -0.3 is 9.88 Å². The monoisotopic (exact) mass is 230 g/mol. The largest absolute Gasteiger partial charge is 0.359 e. The zero-order chi connectivity index (χ0) is 12.1. The number of rotatable bonds is 5. The Kier molecular flexibility index (Phi) is 3.81. The van der Waals surface area contributed by atoms with Crippen LogP contribution in [0.4, 0.5) is 0 Å². The Labute approximate surface area is 101 Å². The molecule has 1 aromatic heterocycles. The van der Waals surface area contributed by atoms with Crippen LogP contribution in [0.25, 0.3) is 10.9 Å². The van der Waals surface area contributed by atoms with Gasteiger partial charge in [0.2, 0.25) is 5.91 Å². The fourth-order valence-electron chi connectivity index (χ4n) is 2.03. The number of carbonyl (C=O) groups excluding carboxylic acids is 1. The van der Waals surface area contributed by atoms with E-state index in [1.54, 1.807) is 7.05 Å². The maximum absolute atomic E-state index is 11.1. The summed E-state index contributed by atoms with van der Waals surface area (Å²) in [5.74, 6) is 0.127. The van der Waals surface area contributed by atoms with E-state index in [1.165, 1.54) is 10.9 Å². The Morgan fingerprint density at radius 1 is 1.24 bits per heavy atom. The molecule has 3 nitrogen and oxygen atoms in total. The summed E-state index contributed by atoms with van der Waals surface area (Å²) in [6.45, 7) is 0.977. The molecule has 90 valence electrons. The second kappa shape index (κ2) is 5.53. The third kappa shape index (κ3) is 2.87. The fourth-order valence-corrected chi connectivity index (χ4v) is 2.03. The van der Waals surface area contributed by atoms with Crippen LogP contribution in [0.15, 0.2) is 36.5 Å². The first-order valence-corrected chi connectivity index (χ1v) is 6.06. The number of carbonyl (C=O) groups is 1. The molecule has 1 amide bonds. The van der Waals surface area contributed by atoms with Crippen molar-refractivity contribution in [1.29, 1.82) is 0 Å². The molecule has 0 aliphatic rings. The van der Waals surface area contributed by atoms with Crippen molar-refractivity contribution in [3.63, 3.8) is 0 Å². The molecule has 1 heterocycles. The highest BCUT2D eigenvalue weighted by atomic mass is 16.1. The van der Waals surface area contributed by atoms with Crippen LogP contribution >= 0.6 is 0 Å². The summed E-state index contributed by atoms with van der Waals surface area (Å²) in [6.07, 6.45) is 4.71. The molecular formula is C14H18N2O. The summed E-state index contributed by atoms with van der Waals surface area (Å²) in [4.78, 5) is 11.1. The Hall–Kier alpha value is -1.77. The van der Waals surface area contributed by atoms with Crippen molar-refractivity contribution in [2.75, 3.05) is 7.05 Å². The summed E-state index contributed by atoms with van der Waals surface area (Å²) in [7, 11) is 1.68. The van der Waals surface area contributed by atoms with Crippen molar-refractivity contribution >= 4 is 16.8 Å². The highest BCUT2D eigenvalue weighted by Crippen LogP contribution is 2.15. The minimum atomic E-state index is 0.127. The highest BCUT2D eigenvalue weighted by molar-refractivity contribution is 5.79. The average molecular weight is 230 g/mol.